The number of benzene rings is 2. The predicted octanol–water partition coefficient (Wildman–Crippen LogP) is 2.72. The molecular weight excluding hydrogens is 340 g/mol. The van der Waals surface area contributed by atoms with Crippen molar-refractivity contribution in [2.45, 2.75) is 13.0 Å². The third-order valence-electron chi connectivity index (χ3n) is 4.56. The van der Waals surface area contributed by atoms with Gasteiger partial charge in [0.25, 0.3) is 0 Å². The summed E-state index contributed by atoms with van der Waals surface area (Å²) in [5.41, 5.74) is 2.11. The van der Waals surface area contributed by atoms with Crippen LogP contribution < -0.4 is 15.0 Å². The zero-order valence-corrected chi connectivity index (χ0v) is 15.7. The molecule has 1 amide bonds. The fourth-order valence-corrected chi connectivity index (χ4v) is 3.31. The topological polar surface area (TPSA) is 68.6 Å². The second-order valence-electron chi connectivity index (χ2n) is 6.65. The lowest BCUT2D eigenvalue weighted by molar-refractivity contribution is -0.117. The van der Waals surface area contributed by atoms with E-state index in [0.29, 0.717) is 17.8 Å². The number of hydrogen-bond donors (Lipinski definition) is 1. The Bertz CT molecular complexity index is 846. The molecule has 1 N–H and O–H groups in total. The van der Waals surface area contributed by atoms with Crippen molar-refractivity contribution >= 4 is 17.3 Å². The van der Waals surface area contributed by atoms with Gasteiger partial charge in [0.2, 0.25) is 5.91 Å². The van der Waals surface area contributed by atoms with Gasteiger partial charge in [-0.1, -0.05) is 24.3 Å². The Labute approximate surface area is 160 Å². The van der Waals surface area contributed by atoms with Crippen LogP contribution in [-0.4, -0.2) is 50.1 Å². The number of nitriles is 1. The van der Waals surface area contributed by atoms with E-state index in [2.05, 4.69) is 29.3 Å². The Kier molecular flexibility index (Phi) is 5.94. The summed E-state index contributed by atoms with van der Waals surface area (Å²) in [7, 11) is 1.90. The molecule has 0 aliphatic carbocycles. The number of ether oxygens (including phenoxy) is 1. The summed E-state index contributed by atoms with van der Waals surface area (Å²) in [6, 6.07) is 17.1. The summed E-state index contributed by atoms with van der Waals surface area (Å²) in [5, 5.41) is 11.9. The molecule has 0 aromatic heterocycles. The van der Waals surface area contributed by atoms with Gasteiger partial charge in [-0.25, -0.2) is 0 Å². The molecule has 0 radical (unpaired) electrons. The average Bonchev–Trinajstić information content (AvgIpc) is 2.67. The lowest BCUT2D eigenvalue weighted by Crippen LogP contribution is -2.46. The SMILES string of the molecule is CCN1CC(CN(C)CC(=O)Nc2ccccc2C#N)Oc2ccccc21. The number of rotatable bonds is 6. The van der Waals surface area contributed by atoms with Crippen molar-refractivity contribution in [3.05, 3.63) is 54.1 Å². The summed E-state index contributed by atoms with van der Waals surface area (Å²) < 4.78 is 6.11. The smallest absolute Gasteiger partial charge is 0.238 e. The number of anilines is 2. The van der Waals surface area contributed by atoms with Gasteiger partial charge in [-0.3, -0.25) is 9.69 Å². The Morgan fingerprint density at radius 1 is 1.30 bits per heavy atom. The van der Waals surface area contributed by atoms with Crippen LogP contribution >= 0.6 is 0 Å². The number of para-hydroxylation sites is 3. The Morgan fingerprint density at radius 3 is 2.81 bits per heavy atom. The first-order chi connectivity index (χ1) is 13.1. The third kappa shape index (κ3) is 4.57. The van der Waals surface area contributed by atoms with Crippen molar-refractivity contribution in [2.24, 2.45) is 0 Å². The largest absolute Gasteiger partial charge is 0.485 e. The highest BCUT2D eigenvalue weighted by atomic mass is 16.5. The summed E-state index contributed by atoms with van der Waals surface area (Å²) in [6.45, 7) is 4.69. The van der Waals surface area contributed by atoms with E-state index in [9.17, 15) is 4.79 Å². The second kappa shape index (κ2) is 8.56. The van der Waals surface area contributed by atoms with Gasteiger partial charge in [0, 0.05) is 13.1 Å². The lowest BCUT2D eigenvalue weighted by Gasteiger charge is -2.37. The van der Waals surface area contributed by atoms with Crippen LogP contribution in [0.25, 0.3) is 0 Å². The minimum Gasteiger partial charge on any atom is -0.485 e. The molecule has 0 saturated heterocycles. The van der Waals surface area contributed by atoms with E-state index in [1.54, 1.807) is 24.3 Å². The zero-order chi connectivity index (χ0) is 19.2. The van der Waals surface area contributed by atoms with Crippen LogP contribution in [-0.2, 0) is 4.79 Å². The maximum absolute atomic E-state index is 12.3. The zero-order valence-electron chi connectivity index (χ0n) is 15.7. The van der Waals surface area contributed by atoms with Gasteiger partial charge >= 0.3 is 0 Å². The monoisotopic (exact) mass is 364 g/mol. The van der Waals surface area contributed by atoms with Gasteiger partial charge in [0.1, 0.15) is 17.9 Å². The number of fused-ring (bicyclic) bond motifs is 1. The molecular formula is C21H24N4O2. The highest BCUT2D eigenvalue weighted by Gasteiger charge is 2.25. The maximum Gasteiger partial charge on any atom is 0.238 e. The molecule has 1 aliphatic heterocycles. The molecule has 6 heteroatoms. The van der Waals surface area contributed by atoms with E-state index >= 15 is 0 Å². The number of carbonyl (C=O) groups excluding carboxylic acids is 1. The lowest BCUT2D eigenvalue weighted by atomic mass is 10.2. The van der Waals surface area contributed by atoms with Crippen molar-refractivity contribution in [2.75, 3.05) is 43.4 Å². The molecule has 2 aromatic rings. The Hall–Kier alpha value is -3.04. The molecule has 6 nitrogen and oxygen atoms in total. The molecule has 0 fully saturated rings. The number of carbonyl (C=O) groups is 1. The first-order valence-electron chi connectivity index (χ1n) is 9.09. The molecule has 140 valence electrons. The molecule has 0 bridgehead atoms. The Balaban J connectivity index is 1.57. The number of amides is 1. The van der Waals surface area contributed by atoms with Crippen molar-refractivity contribution in [1.82, 2.24) is 4.90 Å². The highest BCUT2D eigenvalue weighted by Crippen LogP contribution is 2.32. The van der Waals surface area contributed by atoms with E-state index in [1.165, 1.54) is 0 Å². The first kappa shape index (κ1) is 18.7. The van der Waals surface area contributed by atoms with E-state index in [1.807, 2.05) is 30.1 Å². The summed E-state index contributed by atoms with van der Waals surface area (Å²) in [6.07, 6.45) is -0.0101. The van der Waals surface area contributed by atoms with Crippen LogP contribution in [0.1, 0.15) is 12.5 Å². The van der Waals surface area contributed by atoms with E-state index in [-0.39, 0.29) is 18.6 Å². The van der Waals surface area contributed by atoms with Gasteiger partial charge in [-0.15, -0.1) is 0 Å². The summed E-state index contributed by atoms with van der Waals surface area (Å²) >= 11 is 0. The van der Waals surface area contributed by atoms with E-state index < -0.39 is 0 Å². The minimum absolute atomic E-state index is 0.0101. The molecule has 2 aromatic carbocycles. The molecule has 3 rings (SSSR count). The summed E-state index contributed by atoms with van der Waals surface area (Å²) in [5.74, 6) is 0.736. The van der Waals surface area contributed by atoms with Crippen LogP contribution in [0.2, 0.25) is 0 Å². The molecule has 1 unspecified atom stereocenters. The van der Waals surface area contributed by atoms with Gasteiger partial charge in [0.15, 0.2) is 0 Å². The summed E-state index contributed by atoms with van der Waals surface area (Å²) in [4.78, 5) is 16.6. The quantitative estimate of drug-likeness (QED) is 0.854. The van der Waals surface area contributed by atoms with Gasteiger partial charge in [-0.05, 0) is 38.2 Å². The maximum atomic E-state index is 12.3. The van der Waals surface area contributed by atoms with E-state index in [0.717, 1.165) is 24.5 Å². The van der Waals surface area contributed by atoms with Crippen LogP contribution in [0.4, 0.5) is 11.4 Å². The van der Waals surface area contributed by atoms with Crippen molar-refractivity contribution < 1.29 is 9.53 Å². The molecule has 27 heavy (non-hydrogen) atoms. The van der Waals surface area contributed by atoms with Crippen LogP contribution in [0.5, 0.6) is 5.75 Å². The van der Waals surface area contributed by atoms with Crippen molar-refractivity contribution in [3.8, 4) is 11.8 Å². The van der Waals surface area contributed by atoms with Crippen molar-refractivity contribution in [3.63, 3.8) is 0 Å². The van der Waals surface area contributed by atoms with Gasteiger partial charge in [-0.2, -0.15) is 5.26 Å². The van der Waals surface area contributed by atoms with Crippen molar-refractivity contribution in [1.29, 1.82) is 5.26 Å². The number of nitrogens with one attached hydrogen (secondary N) is 1. The van der Waals surface area contributed by atoms with Crippen LogP contribution in [0, 0.1) is 11.3 Å². The second-order valence-corrected chi connectivity index (χ2v) is 6.65. The number of hydrogen-bond acceptors (Lipinski definition) is 5. The fraction of sp³-hybridized carbons (Fsp3) is 0.333. The molecule has 1 heterocycles. The average molecular weight is 364 g/mol. The fourth-order valence-electron chi connectivity index (χ4n) is 3.31. The van der Waals surface area contributed by atoms with Crippen LogP contribution in [0.3, 0.4) is 0 Å². The highest BCUT2D eigenvalue weighted by molar-refractivity contribution is 5.93. The van der Waals surface area contributed by atoms with Crippen LogP contribution in [0.15, 0.2) is 48.5 Å². The standard InChI is InChI=1S/C21H24N4O2/c1-3-25-14-17(27-20-11-7-6-10-19(20)25)13-24(2)15-21(26)23-18-9-5-4-8-16(18)12-22/h4-11,17H,3,13-15H2,1-2H3,(H,23,26). The predicted molar refractivity (Wildman–Crippen MR) is 106 cm³/mol. The minimum atomic E-state index is -0.149. The van der Waals surface area contributed by atoms with Gasteiger partial charge in [0.05, 0.1) is 30.0 Å². The number of nitrogens with zero attached hydrogens (tertiary/aromatic N) is 3. The molecule has 1 aliphatic rings. The molecule has 0 saturated carbocycles. The number of likely N-dealkylation sites (N-methyl/N-ethyl adjacent to an activating group) is 2. The Morgan fingerprint density at radius 2 is 2.04 bits per heavy atom. The molecule has 0 spiro atoms. The first-order valence-corrected chi connectivity index (χ1v) is 9.09. The normalized spacial score (nSPS) is 15.6. The third-order valence-corrected chi connectivity index (χ3v) is 4.56. The molecule has 1 atom stereocenters. The van der Waals surface area contributed by atoms with E-state index in [4.69, 9.17) is 10.00 Å². The van der Waals surface area contributed by atoms with Gasteiger partial charge < -0.3 is 15.0 Å².